The van der Waals surface area contributed by atoms with Gasteiger partial charge in [0.05, 0.1) is 16.3 Å². The summed E-state index contributed by atoms with van der Waals surface area (Å²) in [6.07, 6.45) is 3.82. The minimum atomic E-state index is -3.63. The molecule has 0 atom stereocenters. The highest BCUT2D eigenvalue weighted by atomic mass is 32.2. The van der Waals surface area contributed by atoms with Crippen LogP contribution < -0.4 is 9.62 Å². The van der Waals surface area contributed by atoms with Crippen LogP contribution >= 0.6 is 0 Å². The van der Waals surface area contributed by atoms with E-state index in [0.717, 1.165) is 43.2 Å². The van der Waals surface area contributed by atoms with Crippen molar-refractivity contribution in [3.05, 3.63) is 53.6 Å². The van der Waals surface area contributed by atoms with Gasteiger partial charge in [-0.2, -0.15) is 0 Å². The van der Waals surface area contributed by atoms with Crippen LogP contribution in [-0.2, 0) is 10.0 Å². The Morgan fingerprint density at radius 1 is 1.07 bits per heavy atom. The maximum absolute atomic E-state index is 12.7. The van der Waals surface area contributed by atoms with E-state index in [2.05, 4.69) is 4.72 Å². The van der Waals surface area contributed by atoms with Crippen LogP contribution in [0.4, 0.5) is 16.2 Å². The number of benzene rings is 2. The van der Waals surface area contributed by atoms with Crippen LogP contribution in [-0.4, -0.2) is 25.7 Å². The van der Waals surface area contributed by atoms with Crippen molar-refractivity contribution in [3.63, 3.8) is 0 Å². The van der Waals surface area contributed by atoms with Crippen molar-refractivity contribution >= 4 is 27.5 Å². The summed E-state index contributed by atoms with van der Waals surface area (Å²) >= 11 is 0. The van der Waals surface area contributed by atoms with Crippen LogP contribution in [0.5, 0.6) is 0 Å². The van der Waals surface area contributed by atoms with Gasteiger partial charge in [0.25, 0.3) is 0 Å². The van der Waals surface area contributed by atoms with Gasteiger partial charge in [-0.3, -0.25) is 0 Å². The van der Waals surface area contributed by atoms with Gasteiger partial charge in [0.15, 0.2) is 0 Å². The van der Waals surface area contributed by atoms with E-state index in [1.807, 2.05) is 39.0 Å². The highest BCUT2D eigenvalue weighted by Crippen LogP contribution is 2.34. The molecule has 0 aliphatic heterocycles. The molecule has 30 heavy (non-hydrogen) atoms. The van der Waals surface area contributed by atoms with Gasteiger partial charge in [0.2, 0.25) is 10.0 Å². The number of nitrogens with zero attached hydrogens (tertiary/aromatic N) is 1. The van der Waals surface area contributed by atoms with Gasteiger partial charge in [-0.25, -0.2) is 22.8 Å². The van der Waals surface area contributed by atoms with Crippen molar-refractivity contribution < 1.29 is 18.3 Å². The summed E-state index contributed by atoms with van der Waals surface area (Å²) in [7, 11) is -3.63. The molecule has 2 aromatic rings. The van der Waals surface area contributed by atoms with Crippen LogP contribution in [0.15, 0.2) is 47.4 Å². The van der Waals surface area contributed by atoms with Crippen LogP contribution in [0.3, 0.4) is 0 Å². The number of rotatable bonds is 6. The lowest BCUT2D eigenvalue weighted by Gasteiger charge is -2.25. The van der Waals surface area contributed by atoms with Gasteiger partial charge in [-0.1, -0.05) is 45.2 Å². The molecule has 162 valence electrons. The number of amides is 1. The molecule has 1 aliphatic rings. The molecular weight excluding hydrogens is 400 g/mol. The largest absolute Gasteiger partial charge is 0.464 e. The number of sulfonamides is 1. The van der Waals surface area contributed by atoms with E-state index < -0.39 is 16.1 Å². The zero-order valence-corrected chi connectivity index (χ0v) is 18.6. The lowest BCUT2D eigenvalue weighted by Crippen LogP contribution is -2.36. The van der Waals surface area contributed by atoms with Crippen LogP contribution in [0.25, 0.3) is 0 Å². The fourth-order valence-electron chi connectivity index (χ4n) is 3.97. The third-order valence-electron chi connectivity index (χ3n) is 5.57. The quantitative estimate of drug-likeness (QED) is 0.629. The smallest absolute Gasteiger partial charge is 0.416 e. The highest BCUT2D eigenvalue weighted by Gasteiger charge is 2.24. The summed E-state index contributed by atoms with van der Waals surface area (Å²) in [4.78, 5) is 13.5. The minimum Gasteiger partial charge on any atom is -0.464 e. The van der Waals surface area contributed by atoms with E-state index in [1.54, 1.807) is 12.1 Å². The van der Waals surface area contributed by atoms with Crippen molar-refractivity contribution in [2.45, 2.75) is 69.7 Å². The van der Waals surface area contributed by atoms with E-state index in [9.17, 15) is 18.3 Å². The summed E-state index contributed by atoms with van der Waals surface area (Å²) < 4.78 is 28.3. The van der Waals surface area contributed by atoms with E-state index in [4.69, 9.17) is 0 Å². The Morgan fingerprint density at radius 3 is 2.27 bits per heavy atom. The van der Waals surface area contributed by atoms with Crippen LogP contribution in [0, 0.1) is 6.92 Å². The molecule has 1 amide bonds. The molecule has 0 unspecified atom stereocenters. The van der Waals surface area contributed by atoms with Crippen LogP contribution in [0.2, 0.25) is 0 Å². The number of carbonyl (C=O) groups is 1. The van der Waals surface area contributed by atoms with E-state index in [-0.39, 0.29) is 16.9 Å². The lowest BCUT2D eigenvalue weighted by atomic mass is 9.96. The van der Waals surface area contributed by atoms with Gasteiger partial charge in [0.1, 0.15) is 0 Å². The Kier molecular flexibility index (Phi) is 6.83. The number of carboxylic acid groups (broad SMARTS) is 1. The molecule has 0 aromatic heterocycles. The Labute approximate surface area is 179 Å². The van der Waals surface area contributed by atoms with Crippen LogP contribution in [0.1, 0.15) is 63.0 Å². The Hall–Kier alpha value is -2.38. The molecule has 7 heteroatoms. The molecule has 0 radical (unpaired) electrons. The van der Waals surface area contributed by atoms with Crippen molar-refractivity contribution in [1.29, 1.82) is 0 Å². The molecule has 1 saturated carbocycles. The second-order valence-electron chi connectivity index (χ2n) is 8.29. The minimum absolute atomic E-state index is 0.0279. The monoisotopic (exact) mass is 430 g/mol. The first-order valence-electron chi connectivity index (χ1n) is 10.4. The normalized spacial score (nSPS) is 15.3. The van der Waals surface area contributed by atoms with Crippen molar-refractivity contribution in [1.82, 2.24) is 4.72 Å². The number of hydrogen-bond acceptors (Lipinski definition) is 3. The predicted molar refractivity (Wildman–Crippen MR) is 119 cm³/mol. The third kappa shape index (κ3) is 5.02. The number of anilines is 2. The maximum atomic E-state index is 12.7. The fraction of sp³-hybridized carbons (Fsp3) is 0.435. The van der Waals surface area contributed by atoms with Gasteiger partial charge >= 0.3 is 6.09 Å². The molecule has 2 N–H and O–H groups in total. The second-order valence-corrected chi connectivity index (χ2v) is 10.00. The topological polar surface area (TPSA) is 86.7 Å². The second kappa shape index (κ2) is 9.18. The molecule has 1 aliphatic carbocycles. The average Bonchev–Trinajstić information content (AvgIpc) is 2.68. The molecule has 3 rings (SSSR count). The van der Waals surface area contributed by atoms with Gasteiger partial charge in [-0.15, -0.1) is 0 Å². The van der Waals surface area contributed by atoms with Gasteiger partial charge in [-0.05, 0) is 67.1 Å². The molecule has 0 bridgehead atoms. The Bertz CT molecular complexity index is 994. The maximum Gasteiger partial charge on any atom is 0.416 e. The zero-order chi connectivity index (χ0) is 21.9. The predicted octanol–water partition coefficient (Wildman–Crippen LogP) is 5.55. The summed E-state index contributed by atoms with van der Waals surface area (Å²) in [5, 5.41) is 9.92. The first kappa shape index (κ1) is 22.3. The van der Waals surface area contributed by atoms with E-state index >= 15 is 0 Å². The third-order valence-corrected chi connectivity index (χ3v) is 7.11. The van der Waals surface area contributed by atoms with E-state index in [1.165, 1.54) is 17.0 Å². The van der Waals surface area contributed by atoms with Gasteiger partial charge in [0, 0.05) is 6.04 Å². The van der Waals surface area contributed by atoms with Crippen molar-refractivity contribution in [2.75, 3.05) is 4.90 Å². The SMILES string of the molecule is Cc1ccc(C(C)C)c(N(C(=O)O)c2ccc(S(=O)(=O)NC3CCCCC3)cc2)c1. The van der Waals surface area contributed by atoms with Crippen molar-refractivity contribution in [3.8, 4) is 0 Å². The summed E-state index contributed by atoms with van der Waals surface area (Å²) in [5.41, 5.74) is 2.87. The zero-order valence-electron chi connectivity index (χ0n) is 17.8. The molecular formula is C23H30N2O4S. The average molecular weight is 431 g/mol. The van der Waals surface area contributed by atoms with Crippen molar-refractivity contribution in [2.24, 2.45) is 0 Å². The molecule has 0 heterocycles. The fourth-order valence-corrected chi connectivity index (χ4v) is 5.28. The molecule has 0 saturated heterocycles. The Balaban J connectivity index is 1.91. The van der Waals surface area contributed by atoms with Gasteiger partial charge < -0.3 is 5.11 Å². The summed E-state index contributed by atoms with van der Waals surface area (Å²) in [6.45, 7) is 5.95. The summed E-state index contributed by atoms with van der Waals surface area (Å²) in [6, 6.07) is 11.8. The number of aryl methyl sites for hydroxylation is 1. The summed E-state index contributed by atoms with van der Waals surface area (Å²) in [5.74, 6) is 0.141. The number of hydrogen-bond donors (Lipinski definition) is 2. The Morgan fingerprint density at radius 2 is 1.70 bits per heavy atom. The molecule has 1 fully saturated rings. The first-order valence-corrected chi connectivity index (χ1v) is 11.9. The lowest BCUT2D eigenvalue weighted by molar-refractivity contribution is 0.204. The molecule has 2 aromatic carbocycles. The number of nitrogens with one attached hydrogen (secondary N) is 1. The molecule has 6 nitrogen and oxygen atoms in total. The standard InChI is InChI=1S/C23H30N2O4S/c1-16(2)21-14-9-17(3)15-22(21)25(23(26)27)19-10-12-20(13-11-19)30(28,29)24-18-7-5-4-6-8-18/h9-16,18,24H,4-8H2,1-3H3,(H,26,27). The first-order chi connectivity index (χ1) is 14.2. The molecule has 0 spiro atoms. The highest BCUT2D eigenvalue weighted by molar-refractivity contribution is 7.89. The van der Waals surface area contributed by atoms with E-state index in [0.29, 0.717) is 11.4 Å².